The van der Waals surface area contributed by atoms with Crippen LogP contribution in [0.5, 0.6) is 0 Å². The van der Waals surface area contributed by atoms with E-state index in [4.69, 9.17) is 10.2 Å². The zero-order chi connectivity index (χ0) is 15.4. The van der Waals surface area contributed by atoms with Gasteiger partial charge in [-0.25, -0.2) is 0 Å². The van der Waals surface area contributed by atoms with E-state index >= 15 is 0 Å². The van der Waals surface area contributed by atoms with Gasteiger partial charge in [0.2, 0.25) is 5.91 Å². The highest BCUT2D eigenvalue weighted by molar-refractivity contribution is 5.93. The Balaban J connectivity index is 1.90. The maximum Gasteiger partial charge on any atom is 0.238 e. The smallest absolute Gasteiger partial charge is 0.238 e. The van der Waals surface area contributed by atoms with E-state index in [1.165, 1.54) is 0 Å². The molecule has 1 aromatic carbocycles. The number of nitrogen functional groups attached to an aromatic ring is 1. The molecular formula is C16H21N3O2. The zero-order valence-electron chi connectivity index (χ0n) is 12.6. The van der Waals surface area contributed by atoms with Crippen molar-refractivity contribution in [1.29, 1.82) is 0 Å². The number of carbonyl (C=O) groups excluding carboxylic acids is 1. The molecule has 5 nitrogen and oxygen atoms in total. The summed E-state index contributed by atoms with van der Waals surface area (Å²) >= 11 is 0. The molecule has 5 heteroatoms. The lowest BCUT2D eigenvalue weighted by Crippen LogP contribution is -2.30. The first-order valence-corrected chi connectivity index (χ1v) is 6.83. The van der Waals surface area contributed by atoms with Crippen molar-refractivity contribution >= 4 is 17.3 Å². The van der Waals surface area contributed by atoms with Gasteiger partial charge in [0.25, 0.3) is 0 Å². The Morgan fingerprint density at radius 3 is 2.71 bits per heavy atom. The monoisotopic (exact) mass is 287 g/mol. The van der Waals surface area contributed by atoms with Crippen LogP contribution in [-0.4, -0.2) is 24.4 Å². The lowest BCUT2D eigenvalue weighted by atomic mass is 10.2. The summed E-state index contributed by atoms with van der Waals surface area (Å²) in [6, 6.07) is 7.37. The van der Waals surface area contributed by atoms with Gasteiger partial charge in [0.15, 0.2) is 0 Å². The van der Waals surface area contributed by atoms with E-state index < -0.39 is 0 Å². The molecule has 112 valence electrons. The number of hydrogen-bond donors (Lipinski definition) is 2. The standard InChI is InChI=1S/C16H21N3O2/c1-11-8-14(17)4-5-15(11)18-16(20)10-19(3)9-13-6-7-21-12(13)2/h4-8H,9-10,17H2,1-3H3,(H,18,20). The average Bonchev–Trinajstić information content (AvgIpc) is 2.78. The number of carbonyl (C=O) groups is 1. The van der Waals surface area contributed by atoms with Crippen LogP contribution in [0, 0.1) is 13.8 Å². The fourth-order valence-corrected chi connectivity index (χ4v) is 2.18. The third-order valence-electron chi connectivity index (χ3n) is 3.34. The van der Waals surface area contributed by atoms with Crippen LogP contribution < -0.4 is 11.1 Å². The molecule has 3 N–H and O–H groups in total. The minimum Gasteiger partial charge on any atom is -0.469 e. The first-order chi connectivity index (χ1) is 9.95. The predicted octanol–water partition coefficient (Wildman–Crippen LogP) is 2.55. The topological polar surface area (TPSA) is 71.5 Å². The van der Waals surface area contributed by atoms with E-state index in [0.717, 1.165) is 22.6 Å². The number of nitrogens with zero attached hydrogens (tertiary/aromatic N) is 1. The minimum absolute atomic E-state index is 0.0495. The van der Waals surface area contributed by atoms with Crippen LogP contribution in [0.2, 0.25) is 0 Å². The molecule has 0 saturated heterocycles. The van der Waals surface area contributed by atoms with Crippen molar-refractivity contribution in [3.05, 3.63) is 47.4 Å². The molecule has 1 amide bonds. The molecule has 0 saturated carbocycles. The molecule has 2 aromatic rings. The zero-order valence-corrected chi connectivity index (χ0v) is 12.6. The van der Waals surface area contributed by atoms with Gasteiger partial charge >= 0.3 is 0 Å². The predicted molar refractivity (Wildman–Crippen MR) is 84.0 cm³/mol. The Hall–Kier alpha value is -2.27. The van der Waals surface area contributed by atoms with Crippen molar-refractivity contribution in [2.24, 2.45) is 0 Å². The summed E-state index contributed by atoms with van der Waals surface area (Å²) in [5.41, 5.74) is 9.23. The number of nitrogens with two attached hydrogens (primary N) is 1. The Kier molecular flexibility index (Phi) is 4.65. The minimum atomic E-state index is -0.0495. The average molecular weight is 287 g/mol. The van der Waals surface area contributed by atoms with Gasteiger partial charge in [-0.2, -0.15) is 0 Å². The number of benzene rings is 1. The van der Waals surface area contributed by atoms with E-state index in [2.05, 4.69) is 5.32 Å². The molecule has 2 rings (SSSR count). The number of hydrogen-bond acceptors (Lipinski definition) is 4. The summed E-state index contributed by atoms with van der Waals surface area (Å²) in [4.78, 5) is 14.0. The number of anilines is 2. The molecule has 21 heavy (non-hydrogen) atoms. The molecule has 0 aliphatic heterocycles. The molecule has 0 spiro atoms. The van der Waals surface area contributed by atoms with Gasteiger partial charge in [-0.05, 0) is 50.7 Å². The van der Waals surface area contributed by atoms with Gasteiger partial charge in [-0.1, -0.05) is 0 Å². The maximum absolute atomic E-state index is 12.1. The molecule has 0 bridgehead atoms. The number of nitrogens with one attached hydrogen (secondary N) is 1. The third-order valence-corrected chi connectivity index (χ3v) is 3.34. The Bertz CT molecular complexity index is 634. The van der Waals surface area contributed by atoms with Gasteiger partial charge in [-0.15, -0.1) is 0 Å². The summed E-state index contributed by atoms with van der Waals surface area (Å²) in [6.07, 6.45) is 1.66. The number of likely N-dealkylation sites (N-methyl/N-ethyl adjacent to an activating group) is 1. The fraction of sp³-hybridized carbons (Fsp3) is 0.312. The second kappa shape index (κ2) is 6.45. The third kappa shape index (κ3) is 4.10. The highest BCUT2D eigenvalue weighted by Crippen LogP contribution is 2.17. The quantitative estimate of drug-likeness (QED) is 0.829. The van der Waals surface area contributed by atoms with E-state index in [0.29, 0.717) is 18.8 Å². The summed E-state index contributed by atoms with van der Waals surface area (Å²) < 4.78 is 5.25. The van der Waals surface area contributed by atoms with Gasteiger partial charge in [0.05, 0.1) is 12.8 Å². The second-order valence-electron chi connectivity index (χ2n) is 5.30. The van der Waals surface area contributed by atoms with Crippen molar-refractivity contribution in [2.75, 3.05) is 24.6 Å². The van der Waals surface area contributed by atoms with E-state index in [1.807, 2.05) is 44.0 Å². The number of furan rings is 1. The van der Waals surface area contributed by atoms with Crippen molar-refractivity contribution in [3.63, 3.8) is 0 Å². The molecule has 0 aliphatic carbocycles. The molecular weight excluding hydrogens is 266 g/mol. The Morgan fingerprint density at radius 2 is 2.10 bits per heavy atom. The van der Waals surface area contributed by atoms with Crippen LogP contribution >= 0.6 is 0 Å². The van der Waals surface area contributed by atoms with Crippen molar-refractivity contribution in [1.82, 2.24) is 4.90 Å². The molecule has 1 aromatic heterocycles. The number of rotatable bonds is 5. The summed E-state index contributed by atoms with van der Waals surface area (Å²) in [6.45, 7) is 4.83. The van der Waals surface area contributed by atoms with Gasteiger partial charge in [0, 0.05) is 23.5 Å². The fourth-order valence-electron chi connectivity index (χ4n) is 2.18. The highest BCUT2D eigenvalue weighted by Gasteiger charge is 2.11. The molecule has 0 fully saturated rings. The Morgan fingerprint density at radius 1 is 1.33 bits per heavy atom. The van der Waals surface area contributed by atoms with Crippen LogP contribution in [0.25, 0.3) is 0 Å². The summed E-state index contributed by atoms with van der Waals surface area (Å²) in [7, 11) is 1.90. The molecule has 0 radical (unpaired) electrons. The van der Waals surface area contributed by atoms with Gasteiger partial charge < -0.3 is 15.5 Å². The van der Waals surface area contributed by atoms with Gasteiger partial charge in [0.1, 0.15) is 5.76 Å². The summed E-state index contributed by atoms with van der Waals surface area (Å²) in [5.74, 6) is 0.836. The van der Waals surface area contributed by atoms with Crippen LogP contribution in [0.15, 0.2) is 34.9 Å². The summed E-state index contributed by atoms with van der Waals surface area (Å²) in [5, 5.41) is 2.90. The van der Waals surface area contributed by atoms with Crippen molar-refractivity contribution in [2.45, 2.75) is 20.4 Å². The van der Waals surface area contributed by atoms with E-state index in [1.54, 1.807) is 12.3 Å². The number of amides is 1. The van der Waals surface area contributed by atoms with E-state index in [-0.39, 0.29) is 5.91 Å². The first kappa shape index (κ1) is 15.1. The van der Waals surface area contributed by atoms with E-state index in [9.17, 15) is 4.79 Å². The molecule has 0 unspecified atom stereocenters. The van der Waals surface area contributed by atoms with Crippen LogP contribution in [0.3, 0.4) is 0 Å². The largest absolute Gasteiger partial charge is 0.469 e. The van der Waals surface area contributed by atoms with Crippen molar-refractivity contribution in [3.8, 4) is 0 Å². The first-order valence-electron chi connectivity index (χ1n) is 6.83. The van der Waals surface area contributed by atoms with Gasteiger partial charge in [-0.3, -0.25) is 9.69 Å². The Labute approximate surface area is 124 Å². The van der Waals surface area contributed by atoms with Crippen LogP contribution in [0.4, 0.5) is 11.4 Å². The normalized spacial score (nSPS) is 10.9. The second-order valence-corrected chi connectivity index (χ2v) is 5.30. The molecule has 0 atom stereocenters. The maximum atomic E-state index is 12.1. The van der Waals surface area contributed by atoms with Crippen LogP contribution in [0.1, 0.15) is 16.9 Å². The molecule has 1 heterocycles. The van der Waals surface area contributed by atoms with Crippen molar-refractivity contribution < 1.29 is 9.21 Å². The highest BCUT2D eigenvalue weighted by atomic mass is 16.3. The SMILES string of the molecule is Cc1cc(N)ccc1NC(=O)CN(C)Cc1ccoc1C. The lowest BCUT2D eigenvalue weighted by Gasteiger charge is -2.16. The molecule has 0 aliphatic rings. The van der Waals surface area contributed by atoms with Crippen LogP contribution in [-0.2, 0) is 11.3 Å². The number of aryl methyl sites for hydroxylation is 2. The lowest BCUT2D eigenvalue weighted by molar-refractivity contribution is -0.117.